The Morgan fingerprint density at radius 2 is 1.96 bits per heavy atom. The summed E-state index contributed by atoms with van der Waals surface area (Å²) in [6.45, 7) is -0.319. The zero-order chi connectivity index (χ0) is 17.7. The number of ether oxygens (including phenoxy) is 2. The Morgan fingerprint density at radius 3 is 2.62 bits per heavy atom. The number of methoxy groups -OCH3 is 1. The molecule has 2 aromatic carbocycles. The largest absolute Gasteiger partial charge is 0.494 e. The predicted octanol–water partition coefficient (Wildman–Crippen LogP) is 3.93. The van der Waals surface area contributed by atoms with E-state index >= 15 is 0 Å². The number of rotatable bonds is 6. The maximum Gasteiger partial charge on any atom is 0.273 e. The van der Waals surface area contributed by atoms with Gasteiger partial charge in [0.05, 0.1) is 28.8 Å². The number of halogens is 2. The lowest BCUT2D eigenvalue weighted by atomic mass is 10.2. The van der Waals surface area contributed by atoms with Gasteiger partial charge in [-0.05, 0) is 18.2 Å². The molecule has 1 amide bonds. The smallest absolute Gasteiger partial charge is 0.273 e. The molecule has 0 unspecified atom stereocenters. The minimum atomic E-state index is -0.557. The standard InChI is InChI=1S/C15H12Cl2N2O5/c1-23-14-7-10(19(21)22)3-5-12(14)18-15(20)8-24-13-6-9(16)2-4-11(13)17/h2-7H,8H2,1H3,(H,18,20). The fourth-order valence-corrected chi connectivity index (χ4v) is 2.15. The highest BCUT2D eigenvalue weighted by atomic mass is 35.5. The highest BCUT2D eigenvalue weighted by molar-refractivity contribution is 6.34. The molecule has 0 saturated carbocycles. The number of carbonyl (C=O) groups excluding carboxylic acids is 1. The molecule has 0 radical (unpaired) electrons. The summed E-state index contributed by atoms with van der Waals surface area (Å²) in [4.78, 5) is 22.2. The average Bonchev–Trinajstić information content (AvgIpc) is 2.55. The first-order valence-electron chi connectivity index (χ1n) is 6.61. The highest BCUT2D eigenvalue weighted by Crippen LogP contribution is 2.30. The maximum absolute atomic E-state index is 12.0. The van der Waals surface area contributed by atoms with Gasteiger partial charge in [-0.1, -0.05) is 23.2 Å². The van der Waals surface area contributed by atoms with Gasteiger partial charge in [0, 0.05) is 17.2 Å². The molecule has 0 aromatic heterocycles. The molecular formula is C15H12Cl2N2O5. The quantitative estimate of drug-likeness (QED) is 0.614. The molecule has 2 rings (SSSR count). The van der Waals surface area contributed by atoms with E-state index in [9.17, 15) is 14.9 Å². The molecule has 0 atom stereocenters. The highest BCUT2D eigenvalue weighted by Gasteiger charge is 2.14. The molecule has 2 aromatic rings. The van der Waals surface area contributed by atoms with E-state index in [1.165, 1.54) is 31.4 Å². The molecule has 0 fully saturated rings. The molecule has 0 aliphatic rings. The number of nitro groups is 1. The van der Waals surface area contributed by atoms with Crippen LogP contribution in [0.1, 0.15) is 0 Å². The van der Waals surface area contributed by atoms with Gasteiger partial charge in [0.2, 0.25) is 0 Å². The minimum Gasteiger partial charge on any atom is -0.494 e. The van der Waals surface area contributed by atoms with Gasteiger partial charge in [-0.2, -0.15) is 0 Å². The number of anilines is 1. The van der Waals surface area contributed by atoms with Crippen molar-refractivity contribution in [3.63, 3.8) is 0 Å². The van der Waals surface area contributed by atoms with Gasteiger partial charge in [-0.3, -0.25) is 14.9 Å². The van der Waals surface area contributed by atoms with Gasteiger partial charge >= 0.3 is 0 Å². The van der Waals surface area contributed by atoms with Gasteiger partial charge in [-0.15, -0.1) is 0 Å². The summed E-state index contributed by atoms with van der Waals surface area (Å²) in [5.41, 5.74) is 0.140. The Labute approximate surface area is 147 Å². The number of amides is 1. The summed E-state index contributed by atoms with van der Waals surface area (Å²) in [5.74, 6) is -0.0495. The second-order valence-electron chi connectivity index (χ2n) is 4.55. The van der Waals surface area contributed by atoms with Crippen LogP contribution in [-0.4, -0.2) is 24.5 Å². The monoisotopic (exact) mass is 370 g/mol. The van der Waals surface area contributed by atoms with Crippen LogP contribution in [0.15, 0.2) is 36.4 Å². The number of nitrogens with zero attached hydrogens (tertiary/aromatic N) is 1. The van der Waals surface area contributed by atoms with Gasteiger partial charge in [0.1, 0.15) is 11.5 Å². The van der Waals surface area contributed by atoms with Crippen LogP contribution in [0.5, 0.6) is 11.5 Å². The molecule has 7 nitrogen and oxygen atoms in total. The third-order valence-electron chi connectivity index (χ3n) is 2.92. The molecule has 0 aliphatic carbocycles. The summed E-state index contributed by atoms with van der Waals surface area (Å²) in [5, 5.41) is 14.0. The van der Waals surface area contributed by atoms with Crippen molar-refractivity contribution in [3.8, 4) is 11.5 Å². The maximum atomic E-state index is 12.0. The second kappa shape index (κ2) is 7.85. The SMILES string of the molecule is COc1cc([N+](=O)[O-])ccc1NC(=O)COc1cc(Cl)ccc1Cl. The number of hydrogen-bond acceptors (Lipinski definition) is 5. The van der Waals surface area contributed by atoms with Crippen LogP contribution in [0.2, 0.25) is 10.0 Å². The molecule has 126 valence electrons. The van der Waals surface area contributed by atoms with Crippen LogP contribution < -0.4 is 14.8 Å². The first-order valence-corrected chi connectivity index (χ1v) is 7.36. The van der Waals surface area contributed by atoms with E-state index in [2.05, 4.69) is 5.32 Å². The Hall–Kier alpha value is -2.51. The van der Waals surface area contributed by atoms with Crippen LogP contribution in [-0.2, 0) is 4.79 Å². The zero-order valence-corrected chi connectivity index (χ0v) is 13.9. The predicted molar refractivity (Wildman–Crippen MR) is 90.2 cm³/mol. The number of hydrogen-bond donors (Lipinski definition) is 1. The van der Waals surface area contributed by atoms with Crippen molar-refractivity contribution < 1.29 is 19.2 Å². The van der Waals surface area contributed by atoms with Crippen molar-refractivity contribution in [2.24, 2.45) is 0 Å². The molecule has 24 heavy (non-hydrogen) atoms. The zero-order valence-electron chi connectivity index (χ0n) is 12.4. The van der Waals surface area contributed by atoms with Crippen molar-refractivity contribution in [2.75, 3.05) is 19.0 Å². The topological polar surface area (TPSA) is 90.7 Å². The molecule has 0 heterocycles. The molecular weight excluding hydrogens is 359 g/mol. The lowest BCUT2D eigenvalue weighted by Gasteiger charge is -2.11. The number of nitro benzene ring substituents is 1. The van der Waals surface area contributed by atoms with Crippen LogP contribution >= 0.6 is 23.2 Å². The third kappa shape index (κ3) is 4.50. The van der Waals surface area contributed by atoms with E-state index in [1.54, 1.807) is 12.1 Å². The first kappa shape index (κ1) is 17.8. The second-order valence-corrected chi connectivity index (χ2v) is 5.40. The normalized spacial score (nSPS) is 10.1. The Bertz CT molecular complexity index is 782. The summed E-state index contributed by atoms with van der Waals surface area (Å²) < 4.78 is 10.3. The molecule has 0 saturated heterocycles. The lowest BCUT2D eigenvalue weighted by molar-refractivity contribution is -0.384. The molecule has 0 aliphatic heterocycles. The van der Waals surface area contributed by atoms with E-state index in [1.807, 2.05) is 0 Å². The van der Waals surface area contributed by atoms with E-state index in [-0.39, 0.29) is 29.5 Å². The van der Waals surface area contributed by atoms with Crippen molar-refractivity contribution in [1.82, 2.24) is 0 Å². The van der Waals surface area contributed by atoms with Crippen LogP contribution in [0, 0.1) is 10.1 Å². The number of nitrogens with one attached hydrogen (secondary N) is 1. The van der Waals surface area contributed by atoms with Gasteiger partial charge in [0.15, 0.2) is 6.61 Å². The molecule has 1 N–H and O–H groups in total. The summed E-state index contributed by atoms with van der Waals surface area (Å²) >= 11 is 11.8. The van der Waals surface area contributed by atoms with Gasteiger partial charge in [0.25, 0.3) is 11.6 Å². The van der Waals surface area contributed by atoms with Crippen molar-refractivity contribution in [1.29, 1.82) is 0 Å². The average molecular weight is 371 g/mol. The summed E-state index contributed by atoms with van der Waals surface area (Å²) in [7, 11) is 1.34. The van der Waals surface area contributed by atoms with Gasteiger partial charge < -0.3 is 14.8 Å². The van der Waals surface area contributed by atoms with E-state index in [4.69, 9.17) is 32.7 Å². The van der Waals surface area contributed by atoms with Crippen LogP contribution in [0.4, 0.5) is 11.4 Å². The Morgan fingerprint density at radius 1 is 1.21 bits per heavy atom. The van der Waals surface area contributed by atoms with Crippen LogP contribution in [0.25, 0.3) is 0 Å². The lowest BCUT2D eigenvalue weighted by Crippen LogP contribution is -2.20. The van der Waals surface area contributed by atoms with Gasteiger partial charge in [-0.25, -0.2) is 0 Å². The number of benzene rings is 2. The first-order chi connectivity index (χ1) is 11.4. The van der Waals surface area contributed by atoms with Crippen molar-refractivity contribution in [3.05, 3.63) is 56.6 Å². The number of non-ortho nitro benzene ring substituents is 1. The Balaban J connectivity index is 2.04. The molecule has 9 heteroatoms. The fourth-order valence-electron chi connectivity index (χ4n) is 1.81. The third-order valence-corrected chi connectivity index (χ3v) is 3.47. The minimum absolute atomic E-state index is 0.146. The fraction of sp³-hybridized carbons (Fsp3) is 0.133. The summed E-state index contributed by atoms with van der Waals surface area (Å²) in [6.07, 6.45) is 0. The van der Waals surface area contributed by atoms with Crippen LogP contribution in [0.3, 0.4) is 0 Å². The van der Waals surface area contributed by atoms with Crippen molar-refractivity contribution >= 4 is 40.5 Å². The Kier molecular flexibility index (Phi) is 5.83. The molecule has 0 bridgehead atoms. The molecule has 0 spiro atoms. The van der Waals surface area contributed by atoms with Crippen molar-refractivity contribution in [2.45, 2.75) is 0 Å². The van der Waals surface area contributed by atoms with E-state index in [0.717, 1.165) is 0 Å². The van der Waals surface area contributed by atoms with E-state index in [0.29, 0.717) is 10.0 Å². The summed E-state index contributed by atoms with van der Waals surface area (Å²) in [6, 6.07) is 8.48. The van der Waals surface area contributed by atoms with E-state index < -0.39 is 10.8 Å². The number of carbonyl (C=O) groups is 1.